The maximum absolute atomic E-state index is 0. The van der Waals surface area contributed by atoms with Crippen LogP contribution in [0.4, 0.5) is 0 Å². The molecule has 0 spiro atoms. The van der Waals surface area contributed by atoms with E-state index in [1.54, 1.807) is 0 Å². The van der Waals surface area contributed by atoms with E-state index in [1.807, 2.05) is 0 Å². The Labute approximate surface area is 109 Å². The maximum atomic E-state index is 0. The SMILES string of the molecule is [Ce].[InH3].[Ta].[Ti]. The molecule has 0 fully saturated rings. The van der Waals surface area contributed by atoms with E-state index in [4.69, 9.17) is 0 Å². The molecule has 0 saturated carbocycles. The predicted molar refractivity (Wildman–Crippen MR) is 9.94 cm³/mol. The summed E-state index contributed by atoms with van der Waals surface area (Å²) < 4.78 is 0. The summed E-state index contributed by atoms with van der Waals surface area (Å²) in [4.78, 5) is 0. The summed E-state index contributed by atoms with van der Waals surface area (Å²) in [7, 11) is 0. The summed E-state index contributed by atoms with van der Waals surface area (Å²) in [5, 5.41) is 0. The van der Waals surface area contributed by atoms with Crippen molar-refractivity contribution in [2.75, 3.05) is 0 Å². The van der Waals surface area contributed by atoms with Gasteiger partial charge in [0.25, 0.3) is 0 Å². The second kappa shape index (κ2) is 15.9. The number of hydrogen-bond donors (Lipinski definition) is 0. The second-order valence-electron chi connectivity index (χ2n) is 0. The molecule has 0 aromatic carbocycles. The number of hydrogen-bond acceptors (Lipinski definition) is 0. The molecule has 0 bridgehead atoms. The summed E-state index contributed by atoms with van der Waals surface area (Å²) >= 11 is 0. The standard InChI is InChI=1S/Ce.In.Ta.Ti.3H. The Morgan fingerprint density at radius 2 is 1.00 bits per heavy atom. The van der Waals surface area contributed by atoms with Gasteiger partial charge in [-0.3, -0.25) is 0 Å². The first kappa shape index (κ1) is 25.2. The third-order valence-corrected chi connectivity index (χ3v) is 0. The van der Waals surface area contributed by atoms with Crippen molar-refractivity contribution >= 4 is 25.8 Å². The molecule has 0 aliphatic heterocycles. The minimum Gasteiger partial charge on any atom is 0 e. The average Bonchev–Trinajstić information content (AvgIpc) is 0. The maximum Gasteiger partial charge on any atom is 0 e. The van der Waals surface area contributed by atoms with E-state index in [0.29, 0.717) is 0 Å². The molecule has 0 atom stereocenters. The zero-order valence-corrected chi connectivity index (χ0v) is 9.36. The third-order valence-electron chi connectivity index (χ3n) is 0. The van der Waals surface area contributed by atoms with Gasteiger partial charge in [-0.15, -0.1) is 0 Å². The molecule has 0 aliphatic carbocycles. The van der Waals surface area contributed by atoms with Crippen LogP contribution in [0, 0.1) is 41.7 Å². The fraction of sp³-hybridized carbons (Fsp3) is 0. The van der Waals surface area contributed by atoms with E-state index >= 15 is 0 Å². The van der Waals surface area contributed by atoms with Gasteiger partial charge in [-0.25, -0.2) is 0 Å². The van der Waals surface area contributed by atoms with Gasteiger partial charge in [0.05, 0.1) is 0 Å². The minimum absolute atomic E-state index is 0. The molecular weight excluding hydrogens is 484 g/mol. The molecule has 1 radical (unpaired) electrons. The summed E-state index contributed by atoms with van der Waals surface area (Å²) in [5.74, 6) is 0. The molecule has 4 heavy (non-hydrogen) atoms. The normalized spacial score (nSPS) is 0. The van der Waals surface area contributed by atoms with Crippen LogP contribution in [0.3, 0.4) is 0 Å². The molecule has 0 rings (SSSR count). The minimum atomic E-state index is 0. The predicted octanol–water partition coefficient (Wildman–Crippen LogP) is -1.19. The van der Waals surface area contributed by atoms with Gasteiger partial charge >= 0.3 is 25.8 Å². The zero-order valence-electron chi connectivity index (χ0n) is 1.45. The fourth-order valence-corrected chi connectivity index (χ4v) is 0. The number of rotatable bonds is 0. The molecule has 4 heteroatoms. The molecule has 0 nitrogen and oxygen atoms in total. The van der Waals surface area contributed by atoms with Crippen LogP contribution >= 0.6 is 0 Å². The Bertz CT molecular complexity index is 8.00. The molecule has 0 N–H and O–H groups in total. The molecule has 19 valence electrons. The Morgan fingerprint density at radius 1 is 1.00 bits per heavy atom. The van der Waals surface area contributed by atoms with Crippen molar-refractivity contribution in [2.45, 2.75) is 0 Å². The summed E-state index contributed by atoms with van der Waals surface area (Å²) in [6.07, 6.45) is 0. The first-order valence-corrected chi connectivity index (χ1v) is 0. The van der Waals surface area contributed by atoms with E-state index in [0.717, 1.165) is 0 Å². The van der Waals surface area contributed by atoms with Gasteiger partial charge in [0.1, 0.15) is 0 Å². The monoisotopic (exact) mass is 487 g/mol. The summed E-state index contributed by atoms with van der Waals surface area (Å²) in [5.41, 5.74) is 0. The van der Waals surface area contributed by atoms with E-state index in [2.05, 4.69) is 0 Å². The van der Waals surface area contributed by atoms with Crippen molar-refractivity contribution in [2.24, 2.45) is 0 Å². The van der Waals surface area contributed by atoms with Gasteiger partial charge in [0.15, 0.2) is 0 Å². The largest absolute Gasteiger partial charge is 0 e. The van der Waals surface area contributed by atoms with Crippen molar-refractivity contribution < 1.29 is 85.8 Å². The van der Waals surface area contributed by atoms with Crippen molar-refractivity contribution in [1.29, 1.82) is 0 Å². The van der Waals surface area contributed by atoms with Gasteiger partial charge < -0.3 is 0 Å². The first-order valence-electron chi connectivity index (χ1n) is 0. The van der Waals surface area contributed by atoms with Gasteiger partial charge in [-0.2, -0.15) is 0 Å². The van der Waals surface area contributed by atoms with Gasteiger partial charge in [0, 0.05) is 85.8 Å². The van der Waals surface area contributed by atoms with E-state index in [9.17, 15) is 0 Å². The van der Waals surface area contributed by atoms with E-state index in [-0.39, 0.29) is 112 Å². The topological polar surface area (TPSA) is 0 Å². The molecule has 0 saturated heterocycles. The quantitative estimate of drug-likeness (QED) is 0.378. The van der Waals surface area contributed by atoms with Gasteiger partial charge in [0.2, 0.25) is 0 Å². The van der Waals surface area contributed by atoms with Crippen molar-refractivity contribution in [3.63, 3.8) is 0 Å². The molecule has 0 unspecified atom stereocenters. The summed E-state index contributed by atoms with van der Waals surface area (Å²) in [6.45, 7) is 0. The molecule has 0 amide bonds. The van der Waals surface area contributed by atoms with Crippen LogP contribution in [0.15, 0.2) is 0 Å². The van der Waals surface area contributed by atoms with Crippen LogP contribution in [0.2, 0.25) is 0 Å². The molecule has 0 heterocycles. The Hall–Kier alpha value is 3.70. The van der Waals surface area contributed by atoms with E-state index in [1.165, 1.54) is 0 Å². The van der Waals surface area contributed by atoms with E-state index < -0.39 is 0 Å². The second-order valence-corrected chi connectivity index (χ2v) is 0. The first-order chi connectivity index (χ1) is 0. The zero-order chi connectivity index (χ0) is 0. The van der Waals surface area contributed by atoms with Crippen LogP contribution in [-0.2, 0) is 44.1 Å². The Morgan fingerprint density at radius 3 is 1.00 bits per heavy atom. The van der Waals surface area contributed by atoms with Crippen LogP contribution in [0.1, 0.15) is 0 Å². The molecular formula is H3CeInTaTi. The van der Waals surface area contributed by atoms with Crippen LogP contribution in [0.25, 0.3) is 0 Å². The van der Waals surface area contributed by atoms with Crippen LogP contribution < -0.4 is 0 Å². The Kier molecular flexibility index (Phi) is 100. The smallest absolute Gasteiger partial charge is 0 e. The van der Waals surface area contributed by atoms with Crippen molar-refractivity contribution in [3.05, 3.63) is 0 Å². The fourth-order valence-electron chi connectivity index (χ4n) is 0. The molecule has 0 aliphatic rings. The molecule has 0 aromatic heterocycles. The molecule has 0 aromatic rings. The average molecular weight is 487 g/mol. The van der Waals surface area contributed by atoms with Crippen molar-refractivity contribution in [3.8, 4) is 0 Å². The van der Waals surface area contributed by atoms with Gasteiger partial charge in [-0.1, -0.05) is 0 Å². The van der Waals surface area contributed by atoms with Crippen LogP contribution in [0.5, 0.6) is 0 Å². The van der Waals surface area contributed by atoms with Crippen molar-refractivity contribution in [1.82, 2.24) is 0 Å². The van der Waals surface area contributed by atoms with Gasteiger partial charge in [-0.05, 0) is 0 Å². The Balaban J connectivity index is 0. The van der Waals surface area contributed by atoms with Crippen LogP contribution in [-0.4, -0.2) is 25.8 Å². The third kappa shape index (κ3) is 9.20. The summed E-state index contributed by atoms with van der Waals surface area (Å²) in [6, 6.07) is 0.